The summed E-state index contributed by atoms with van der Waals surface area (Å²) in [7, 11) is 2.55. The zero-order valence-corrected chi connectivity index (χ0v) is 26.6. The van der Waals surface area contributed by atoms with Crippen LogP contribution in [0.2, 0.25) is 0 Å². The summed E-state index contributed by atoms with van der Waals surface area (Å²) in [4.78, 5) is 11.2. The predicted molar refractivity (Wildman–Crippen MR) is 154 cm³/mol. The van der Waals surface area contributed by atoms with Crippen molar-refractivity contribution in [1.29, 1.82) is 0 Å². The Morgan fingerprint density at radius 2 is 1.04 bits per heavy atom. The van der Waals surface area contributed by atoms with Gasteiger partial charge in [-0.1, -0.05) is 25.7 Å². The van der Waals surface area contributed by atoms with Gasteiger partial charge in [0.05, 0.1) is 26.9 Å². The number of esters is 1. The van der Waals surface area contributed by atoms with Crippen LogP contribution < -0.4 is 0 Å². The highest BCUT2D eigenvalue weighted by Crippen LogP contribution is 2.33. The molecule has 0 aromatic heterocycles. The van der Waals surface area contributed by atoms with Crippen molar-refractivity contribution in [2.45, 2.75) is 137 Å². The van der Waals surface area contributed by atoms with Crippen molar-refractivity contribution in [2.75, 3.05) is 40.6 Å². The number of aliphatic hydroxyl groups excluding tert-OH is 9. The van der Waals surface area contributed by atoms with Crippen LogP contribution in [0.1, 0.15) is 44.9 Å². The minimum Gasteiger partial charge on any atom is -0.469 e. The highest BCUT2D eigenvalue weighted by Gasteiger charge is 2.54. The summed E-state index contributed by atoms with van der Waals surface area (Å²) in [5.41, 5.74) is 0. The summed E-state index contributed by atoms with van der Waals surface area (Å²) in [6.07, 6.45) is -18.0. The Morgan fingerprint density at radius 3 is 1.64 bits per heavy atom. The van der Waals surface area contributed by atoms with Gasteiger partial charge in [0.2, 0.25) is 0 Å². The maximum Gasteiger partial charge on any atom is 0.305 e. The molecule has 18 nitrogen and oxygen atoms in total. The summed E-state index contributed by atoms with van der Waals surface area (Å²) < 4.78 is 43.8. The highest BCUT2D eigenvalue weighted by molar-refractivity contribution is 5.68. The fourth-order valence-electron chi connectivity index (χ4n) is 5.80. The lowest BCUT2D eigenvalue weighted by Gasteiger charge is -2.48. The quantitative estimate of drug-likeness (QED) is 0.0490. The molecule has 3 heterocycles. The Kier molecular flexibility index (Phi) is 17.0. The molecule has 9 N–H and O–H groups in total. The van der Waals surface area contributed by atoms with Crippen molar-refractivity contribution in [3.8, 4) is 0 Å². The Bertz CT molecular complexity index is 899. The van der Waals surface area contributed by atoms with Crippen molar-refractivity contribution in [3.05, 3.63) is 0 Å². The van der Waals surface area contributed by atoms with Crippen LogP contribution in [0.3, 0.4) is 0 Å². The van der Waals surface area contributed by atoms with E-state index in [-0.39, 0.29) is 12.6 Å². The third-order valence-electron chi connectivity index (χ3n) is 8.61. The third-order valence-corrected chi connectivity index (χ3v) is 8.61. The topological polar surface area (TPSA) is 273 Å². The summed E-state index contributed by atoms with van der Waals surface area (Å²) in [6, 6.07) is 0. The zero-order valence-electron chi connectivity index (χ0n) is 26.6. The number of aliphatic hydroxyl groups is 9. The average Bonchev–Trinajstić information content (AvgIpc) is 3.07. The number of carbonyl (C=O) groups excluding carboxylic acids is 1. The molecule has 3 aliphatic rings. The minimum atomic E-state index is -1.84. The van der Waals surface area contributed by atoms with Gasteiger partial charge in [-0.05, 0) is 12.8 Å². The summed E-state index contributed by atoms with van der Waals surface area (Å²) in [5.74, 6) is -0.243. The Labute approximate surface area is 272 Å². The van der Waals surface area contributed by atoms with E-state index in [1.807, 2.05) is 0 Å². The fourth-order valence-corrected chi connectivity index (χ4v) is 5.80. The third kappa shape index (κ3) is 10.4. The number of ether oxygens (including phenoxy) is 8. The van der Waals surface area contributed by atoms with E-state index in [0.29, 0.717) is 12.8 Å². The van der Waals surface area contributed by atoms with Crippen LogP contribution in [0.5, 0.6) is 0 Å². The van der Waals surface area contributed by atoms with E-state index in [0.717, 1.165) is 32.1 Å². The number of methoxy groups -OCH3 is 2. The predicted octanol–water partition coefficient (Wildman–Crippen LogP) is -3.99. The molecule has 0 radical (unpaired) electrons. The second kappa shape index (κ2) is 19.9. The molecule has 3 fully saturated rings. The van der Waals surface area contributed by atoms with Crippen LogP contribution in [0.25, 0.3) is 0 Å². The fraction of sp³-hybridized carbons (Fsp3) is 0.966. The lowest BCUT2D eigenvalue weighted by Crippen LogP contribution is -2.67. The molecule has 3 rings (SSSR count). The van der Waals surface area contributed by atoms with Gasteiger partial charge in [-0.25, -0.2) is 0 Å². The van der Waals surface area contributed by atoms with E-state index in [2.05, 4.69) is 4.74 Å². The van der Waals surface area contributed by atoms with Crippen LogP contribution in [-0.4, -0.2) is 185 Å². The first-order valence-corrected chi connectivity index (χ1v) is 15.9. The van der Waals surface area contributed by atoms with Gasteiger partial charge < -0.3 is 83.9 Å². The van der Waals surface area contributed by atoms with Crippen molar-refractivity contribution in [3.63, 3.8) is 0 Å². The van der Waals surface area contributed by atoms with E-state index in [1.54, 1.807) is 0 Å². The molecule has 0 aromatic carbocycles. The normalized spacial score (nSPS) is 41.1. The first kappa shape index (κ1) is 40.3. The van der Waals surface area contributed by atoms with Gasteiger partial charge in [0.25, 0.3) is 0 Å². The van der Waals surface area contributed by atoms with Gasteiger partial charge in [0.1, 0.15) is 73.2 Å². The highest BCUT2D eigenvalue weighted by atomic mass is 16.8. The summed E-state index contributed by atoms with van der Waals surface area (Å²) >= 11 is 0. The number of unbranched alkanes of at least 4 members (excludes halogenated alkanes) is 5. The smallest absolute Gasteiger partial charge is 0.305 e. The molecule has 0 amide bonds. The number of hydrogen-bond donors (Lipinski definition) is 9. The van der Waals surface area contributed by atoms with E-state index in [9.17, 15) is 50.8 Å². The van der Waals surface area contributed by atoms with Crippen molar-refractivity contribution in [1.82, 2.24) is 0 Å². The lowest BCUT2D eigenvalue weighted by molar-refractivity contribution is -0.389. The Morgan fingerprint density at radius 1 is 0.553 bits per heavy atom. The van der Waals surface area contributed by atoms with Crippen molar-refractivity contribution < 1.29 is 88.6 Å². The van der Waals surface area contributed by atoms with Gasteiger partial charge in [-0.2, -0.15) is 0 Å². The number of carbonyl (C=O) groups is 1. The summed E-state index contributed by atoms with van der Waals surface area (Å²) in [5, 5.41) is 93.9. The number of hydrogen-bond acceptors (Lipinski definition) is 18. The zero-order chi connectivity index (χ0) is 34.7. The lowest BCUT2D eigenvalue weighted by atomic mass is 9.96. The van der Waals surface area contributed by atoms with E-state index < -0.39 is 112 Å². The monoisotopic (exact) mass is 688 g/mol. The van der Waals surface area contributed by atoms with E-state index in [1.165, 1.54) is 14.2 Å². The van der Waals surface area contributed by atoms with Gasteiger partial charge in [0, 0.05) is 20.1 Å². The van der Waals surface area contributed by atoms with Crippen LogP contribution in [0.15, 0.2) is 0 Å². The van der Waals surface area contributed by atoms with Gasteiger partial charge >= 0.3 is 5.97 Å². The number of rotatable bonds is 18. The minimum absolute atomic E-state index is 0.156. The standard InChI is InChI=1S/C29H52O18/c1-40-17(33)9-7-5-3-4-6-8-10-42-27-23(39)25(20(36)16(13-32)43-27)46-29-26(21(37)18(34)14(11-30)45-29)47-28-22(38)24(41-2)19(35)15(12-31)44-28/h14-16,18-32,34-39H,3-13H2,1-2H3/t14-,15-,16-,18-,19-,20-,21+,22-,23-,24+,25+,26-,27+,28-,29-/m1/s1. The molecule has 15 atom stereocenters. The summed E-state index contributed by atoms with van der Waals surface area (Å²) in [6.45, 7) is -1.99. The molecule has 3 saturated heterocycles. The second-order valence-electron chi connectivity index (χ2n) is 11.8. The molecule has 0 aromatic rings. The first-order chi connectivity index (χ1) is 22.5. The molecule has 3 aliphatic heterocycles. The van der Waals surface area contributed by atoms with Gasteiger partial charge in [0.15, 0.2) is 18.9 Å². The van der Waals surface area contributed by atoms with Crippen molar-refractivity contribution >= 4 is 5.97 Å². The maximum atomic E-state index is 11.2. The van der Waals surface area contributed by atoms with Crippen molar-refractivity contribution in [2.24, 2.45) is 0 Å². The van der Waals surface area contributed by atoms with Crippen LogP contribution in [0, 0.1) is 0 Å². The Balaban J connectivity index is 1.66. The van der Waals surface area contributed by atoms with E-state index >= 15 is 0 Å². The largest absolute Gasteiger partial charge is 0.469 e. The first-order valence-electron chi connectivity index (χ1n) is 15.9. The molecule has 0 aliphatic carbocycles. The molecule has 0 saturated carbocycles. The molecular formula is C29H52O18. The van der Waals surface area contributed by atoms with Gasteiger partial charge in [-0.3, -0.25) is 4.79 Å². The molecule has 0 spiro atoms. The molecule has 18 heteroatoms. The molecule has 276 valence electrons. The Hall–Kier alpha value is -1.17. The van der Waals surface area contributed by atoms with E-state index in [4.69, 9.17) is 33.2 Å². The second-order valence-corrected chi connectivity index (χ2v) is 11.8. The van der Waals surface area contributed by atoms with Crippen LogP contribution in [-0.2, 0) is 42.7 Å². The van der Waals surface area contributed by atoms with Crippen LogP contribution in [0.4, 0.5) is 0 Å². The molecule has 0 bridgehead atoms. The maximum absolute atomic E-state index is 11.2. The molecule has 0 unspecified atom stereocenters. The molecule has 47 heavy (non-hydrogen) atoms. The van der Waals surface area contributed by atoms with Crippen LogP contribution >= 0.6 is 0 Å². The molecular weight excluding hydrogens is 636 g/mol. The SMILES string of the molecule is COC(=O)CCCCCCCCO[C@H]1O[C@H](CO)[C@@H](O)[C@H](O[C@H]2O[C@H](CO)[C@@H](O)[C@H](O)[C@H]2O[C@H]2O[C@H](CO)[C@@H](O)[C@H](OC)[C@H]2O)[C@H]1O. The average molecular weight is 689 g/mol. The van der Waals surface area contributed by atoms with Gasteiger partial charge in [-0.15, -0.1) is 0 Å².